The van der Waals surface area contributed by atoms with E-state index in [0.29, 0.717) is 18.2 Å². The molecular weight excluding hydrogens is 464 g/mol. The summed E-state index contributed by atoms with van der Waals surface area (Å²) in [5, 5.41) is 15.1. The number of thioether (sulfide) groups is 1. The number of aliphatic hydroxyl groups is 1. The Morgan fingerprint density at radius 2 is 2.03 bits per heavy atom. The maximum absolute atomic E-state index is 10.5. The molecule has 0 aromatic carbocycles. The fraction of sp³-hybridized carbons (Fsp3) is 0.433. The maximum atomic E-state index is 10.5. The third kappa shape index (κ3) is 5.29. The minimum Gasteiger partial charge on any atom is -0.512 e. The van der Waals surface area contributed by atoms with Crippen LogP contribution in [0.15, 0.2) is 77.2 Å². The number of unbranched alkanes of at least 4 members (excludes halogenated alkanes) is 2. The van der Waals surface area contributed by atoms with Gasteiger partial charge in [0, 0.05) is 39.8 Å². The highest BCUT2D eigenvalue weighted by atomic mass is 32.2. The number of fused-ring (bicyclic) bond motifs is 1. The Labute approximate surface area is 219 Å². The summed E-state index contributed by atoms with van der Waals surface area (Å²) in [6, 6.07) is 0. The molecular formula is C30H38N4OS. The smallest absolute Gasteiger partial charge is 0.163 e. The zero-order chi connectivity index (χ0) is 25.7. The van der Waals surface area contributed by atoms with Crippen molar-refractivity contribution in [3.63, 3.8) is 0 Å². The van der Waals surface area contributed by atoms with Crippen LogP contribution in [-0.2, 0) is 0 Å². The zero-order valence-corrected chi connectivity index (χ0v) is 22.5. The first-order valence-corrected chi connectivity index (χ1v) is 14.2. The Balaban J connectivity index is 1.64. The minimum absolute atomic E-state index is 0.141. The highest BCUT2D eigenvalue weighted by Gasteiger charge is 2.39. The van der Waals surface area contributed by atoms with Gasteiger partial charge >= 0.3 is 0 Å². The second kappa shape index (κ2) is 11.5. The van der Waals surface area contributed by atoms with Gasteiger partial charge in [0.15, 0.2) is 5.65 Å². The number of hydrogen-bond donors (Lipinski definition) is 1. The van der Waals surface area contributed by atoms with Crippen LogP contribution >= 0.6 is 11.8 Å². The van der Waals surface area contributed by atoms with Gasteiger partial charge in [-0.1, -0.05) is 64.2 Å². The van der Waals surface area contributed by atoms with Gasteiger partial charge in [-0.05, 0) is 49.5 Å². The van der Waals surface area contributed by atoms with Crippen molar-refractivity contribution < 1.29 is 5.11 Å². The monoisotopic (exact) mass is 502 g/mol. The fourth-order valence-corrected chi connectivity index (χ4v) is 6.06. The Kier molecular flexibility index (Phi) is 8.35. The zero-order valence-electron chi connectivity index (χ0n) is 21.7. The third-order valence-electron chi connectivity index (χ3n) is 7.83. The molecule has 0 spiro atoms. The molecule has 4 rings (SSSR count). The van der Waals surface area contributed by atoms with Crippen LogP contribution in [-0.4, -0.2) is 38.7 Å². The van der Waals surface area contributed by atoms with Crippen LogP contribution in [0.1, 0.15) is 75.5 Å². The lowest BCUT2D eigenvalue weighted by Gasteiger charge is -2.40. The van der Waals surface area contributed by atoms with Crippen LogP contribution in [0.5, 0.6) is 0 Å². The van der Waals surface area contributed by atoms with Crippen LogP contribution in [0, 0.1) is 5.41 Å². The number of aliphatic hydroxyl groups excluding tert-OH is 1. The fourth-order valence-electron chi connectivity index (χ4n) is 5.43. The van der Waals surface area contributed by atoms with E-state index >= 15 is 0 Å². The van der Waals surface area contributed by atoms with Crippen LogP contribution in [0.3, 0.4) is 0 Å². The molecule has 36 heavy (non-hydrogen) atoms. The van der Waals surface area contributed by atoms with Crippen molar-refractivity contribution in [1.29, 1.82) is 0 Å². The molecule has 1 aliphatic carbocycles. The average Bonchev–Trinajstić information content (AvgIpc) is 3.15. The van der Waals surface area contributed by atoms with Gasteiger partial charge < -0.3 is 5.11 Å². The van der Waals surface area contributed by atoms with Gasteiger partial charge in [0.05, 0.1) is 24.2 Å². The topological polar surface area (TPSA) is 62.8 Å². The lowest BCUT2D eigenvalue weighted by Crippen LogP contribution is -2.29. The molecule has 0 saturated heterocycles. The highest BCUT2D eigenvalue weighted by Crippen LogP contribution is 2.50. The van der Waals surface area contributed by atoms with Crippen molar-refractivity contribution >= 4 is 29.2 Å². The molecule has 2 aromatic rings. The number of aromatic nitrogens is 3. The molecule has 0 unspecified atom stereocenters. The lowest BCUT2D eigenvalue weighted by atomic mass is 9.66. The molecule has 1 N–H and O–H groups in total. The van der Waals surface area contributed by atoms with Gasteiger partial charge in [-0.2, -0.15) is 5.10 Å². The Morgan fingerprint density at radius 1 is 1.25 bits per heavy atom. The van der Waals surface area contributed by atoms with E-state index in [1.807, 2.05) is 16.9 Å². The second-order valence-electron chi connectivity index (χ2n) is 9.99. The quantitative estimate of drug-likeness (QED) is 0.155. The molecule has 1 fully saturated rings. The normalized spacial score (nSPS) is 22.1. The van der Waals surface area contributed by atoms with Crippen LogP contribution < -0.4 is 0 Å². The van der Waals surface area contributed by atoms with Gasteiger partial charge in [0.25, 0.3) is 0 Å². The van der Waals surface area contributed by atoms with Crippen molar-refractivity contribution in [2.24, 2.45) is 10.4 Å². The largest absolute Gasteiger partial charge is 0.512 e. The number of allylic oxidation sites excluding steroid dienone is 5. The van der Waals surface area contributed by atoms with Gasteiger partial charge in [-0.15, -0.1) is 11.8 Å². The van der Waals surface area contributed by atoms with E-state index in [1.165, 1.54) is 12.8 Å². The lowest BCUT2D eigenvalue weighted by molar-refractivity contribution is 0.131. The van der Waals surface area contributed by atoms with Crippen LogP contribution in [0.2, 0.25) is 0 Å². The van der Waals surface area contributed by atoms with E-state index in [1.54, 1.807) is 17.8 Å². The molecule has 0 bridgehead atoms. The average molecular weight is 503 g/mol. The molecule has 2 aromatic heterocycles. The van der Waals surface area contributed by atoms with E-state index in [0.717, 1.165) is 77.0 Å². The van der Waals surface area contributed by atoms with E-state index < -0.39 is 0 Å². The summed E-state index contributed by atoms with van der Waals surface area (Å²) in [6.07, 6.45) is 22.4. The van der Waals surface area contributed by atoms with Gasteiger partial charge in [-0.25, -0.2) is 9.50 Å². The van der Waals surface area contributed by atoms with Crippen molar-refractivity contribution in [2.75, 3.05) is 12.8 Å². The van der Waals surface area contributed by atoms with Crippen molar-refractivity contribution in [3.8, 4) is 0 Å². The summed E-state index contributed by atoms with van der Waals surface area (Å²) in [6.45, 7) is 14.7. The molecule has 190 valence electrons. The Bertz CT molecular complexity index is 1240. The standard InChI is InChI=1S/C30H38N4OS/c1-6-8-9-14-30(22(4)35)15-12-23(13-16-30)28-27(36-5)20-34-29(33-28)26(19-32-34)25-11-10-24(17-31-18-25)21(3)7-2/h7,10-11,18-20,23,35H,2-4,6,8-9,12-17H2,1,5H3. The van der Waals surface area contributed by atoms with Crippen molar-refractivity contribution in [3.05, 3.63) is 78.5 Å². The molecule has 6 heteroatoms. The van der Waals surface area contributed by atoms with Gasteiger partial charge in [0.1, 0.15) is 0 Å². The number of nitrogens with zero attached hydrogens (tertiary/aromatic N) is 4. The van der Waals surface area contributed by atoms with E-state index in [4.69, 9.17) is 4.98 Å². The van der Waals surface area contributed by atoms with Gasteiger partial charge in [0.2, 0.25) is 0 Å². The number of rotatable bonds is 10. The number of hydrogen-bond acceptors (Lipinski definition) is 5. The molecule has 0 atom stereocenters. The minimum atomic E-state index is -0.141. The third-order valence-corrected chi connectivity index (χ3v) is 8.59. The predicted molar refractivity (Wildman–Crippen MR) is 153 cm³/mol. The van der Waals surface area contributed by atoms with Crippen LogP contribution in [0.4, 0.5) is 0 Å². The summed E-state index contributed by atoms with van der Waals surface area (Å²) in [5.41, 5.74) is 5.77. The van der Waals surface area contributed by atoms with E-state index in [2.05, 4.69) is 61.4 Å². The molecule has 3 heterocycles. The molecule has 0 amide bonds. The Morgan fingerprint density at radius 3 is 2.69 bits per heavy atom. The molecule has 2 aliphatic rings. The van der Waals surface area contributed by atoms with Crippen molar-refractivity contribution in [1.82, 2.24) is 14.6 Å². The predicted octanol–water partition coefficient (Wildman–Crippen LogP) is 7.88. The molecule has 1 aliphatic heterocycles. The summed E-state index contributed by atoms with van der Waals surface area (Å²) < 4.78 is 1.88. The molecule has 0 radical (unpaired) electrons. The van der Waals surface area contributed by atoms with E-state index in [9.17, 15) is 5.11 Å². The van der Waals surface area contributed by atoms with Crippen LogP contribution in [0.25, 0.3) is 11.2 Å². The SMILES string of the molecule is C=CC(=C)C1=CC=C(c2cnn3cc(SC)c(C4CCC(CCCCC)(C(=C)O)CC4)nc23)C=NC1. The van der Waals surface area contributed by atoms with Gasteiger partial charge in [-0.3, -0.25) is 4.99 Å². The summed E-state index contributed by atoms with van der Waals surface area (Å²) in [4.78, 5) is 11.0. The second-order valence-corrected chi connectivity index (χ2v) is 10.8. The first kappa shape index (κ1) is 26.2. The summed E-state index contributed by atoms with van der Waals surface area (Å²) in [7, 11) is 0. The highest BCUT2D eigenvalue weighted by molar-refractivity contribution is 7.98. The number of aliphatic imine (C=N–C) groups is 1. The molecule has 1 saturated carbocycles. The Hall–Kier alpha value is -2.86. The molecule has 5 nitrogen and oxygen atoms in total. The summed E-state index contributed by atoms with van der Waals surface area (Å²) >= 11 is 1.72. The first-order chi connectivity index (χ1) is 17.4. The van der Waals surface area contributed by atoms with Crippen molar-refractivity contribution in [2.45, 2.75) is 69.1 Å². The summed E-state index contributed by atoms with van der Waals surface area (Å²) in [5.74, 6) is 0.729. The first-order valence-electron chi connectivity index (χ1n) is 13.0. The maximum Gasteiger partial charge on any atom is 0.163 e. The van der Waals surface area contributed by atoms with E-state index in [-0.39, 0.29) is 5.41 Å².